The highest BCUT2D eigenvalue weighted by Crippen LogP contribution is 2.16. The third-order valence-electron chi connectivity index (χ3n) is 5.87. The molecule has 0 spiro atoms. The molecule has 1 saturated heterocycles. The second-order valence-corrected chi connectivity index (χ2v) is 9.59. The van der Waals surface area contributed by atoms with Crippen molar-refractivity contribution in [1.82, 2.24) is 9.62 Å². The molecule has 6 nitrogen and oxygen atoms in total. The third kappa shape index (κ3) is 5.09. The molecular weight excluding hydrogens is 398 g/mol. The van der Waals surface area contributed by atoms with Gasteiger partial charge in [0.25, 0.3) is 5.91 Å². The molecule has 1 atom stereocenters. The number of quaternary nitrogens is 1. The molecule has 1 amide bonds. The Labute approximate surface area is 179 Å². The van der Waals surface area contributed by atoms with Crippen molar-refractivity contribution in [2.24, 2.45) is 0 Å². The van der Waals surface area contributed by atoms with E-state index in [0.717, 1.165) is 13.1 Å². The topological polar surface area (TPSA) is 70.9 Å². The van der Waals surface area contributed by atoms with Gasteiger partial charge in [-0.25, -0.2) is 8.42 Å². The van der Waals surface area contributed by atoms with Gasteiger partial charge >= 0.3 is 0 Å². The van der Waals surface area contributed by atoms with Gasteiger partial charge in [-0.15, -0.1) is 0 Å². The molecule has 0 aliphatic carbocycles. The highest BCUT2D eigenvalue weighted by Gasteiger charge is 2.28. The van der Waals surface area contributed by atoms with Gasteiger partial charge in [-0.2, -0.15) is 4.31 Å². The zero-order valence-corrected chi connectivity index (χ0v) is 18.6. The number of hydrogen-bond donors (Lipinski definition) is 2. The SMILES string of the molecule is CCN(CC)S(=O)(=O)c1ccc(C(=O)NC[C@@H](c2ccccc2)[NH+]2CCCC2)cc1. The molecule has 0 unspecified atom stereocenters. The third-order valence-corrected chi connectivity index (χ3v) is 7.93. The number of sulfonamides is 1. The minimum absolute atomic E-state index is 0.179. The summed E-state index contributed by atoms with van der Waals surface area (Å²) in [5.74, 6) is -0.179. The average molecular weight is 431 g/mol. The number of likely N-dealkylation sites (tertiary alicyclic amines) is 1. The van der Waals surface area contributed by atoms with E-state index >= 15 is 0 Å². The van der Waals surface area contributed by atoms with Gasteiger partial charge in [-0.1, -0.05) is 44.2 Å². The number of nitrogens with zero attached hydrogens (tertiary/aromatic N) is 1. The van der Waals surface area contributed by atoms with Gasteiger partial charge in [-0.3, -0.25) is 4.79 Å². The largest absolute Gasteiger partial charge is 0.346 e. The average Bonchev–Trinajstić information content (AvgIpc) is 3.30. The van der Waals surface area contributed by atoms with E-state index in [0.29, 0.717) is 25.2 Å². The molecule has 162 valence electrons. The Hall–Kier alpha value is -2.22. The van der Waals surface area contributed by atoms with Crippen LogP contribution in [0.1, 0.15) is 48.7 Å². The van der Waals surface area contributed by atoms with Crippen molar-refractivity contribution in [2.45, 2.75) is 37.6 Å². The Morgan fingerprint density at radius 3 is 2.17 bits per heavy atom. The fourth-order valence-corrected chi connectivity index (χ4v) is 5.61. The summed E-state index contributed by atoms with van der Waals surface area (Å²) in [7, 11) is -3.52. The Morgan fingerprint density at radius 1 is 1.00 bits per heavy atom. The van der Waals surface area contributed by atoms with Crippen LogP contribution in [0.5, 0.6) is 0 Å². The van der Waals surface area contributed by atoms with Crippen molar-refractivity contribution in [3.05, 3.63) is 65.7 Å². The Morgan fingerprint density at radius 2 is 1.60 bits per heavy atom. The van der Waals surface area contributed by atoms with Gasteiger partial charge < -0.3 is 10.2 Å². The van der Waals surface area contributed by atoms with Gasteiger partial charge in [0.2, 0.25) is 10.0 Å². The number of benzene rings is 2. The Bertz CT molecular complexity index is 920. The van der Waals surface area contributed by atoms with Gasteiger partial charge in [0.05, 0.1) is 24.5 Å². The fraction of sp³-hybridized carbons (Fsp3) is 0.435. The highest BCUT2D eigenvalue weighted by atomic mass is 32.2. The van der Waals surface area contributed by atoms with E-state index in [-0.39, 0.29) is 16.8 Å². The summed E-state index contributed by atoms with van der Waals surface area (Å²) >= 11 is 0. The fourth-order valence-electron chi connectivity index (χ4n) is 4.15. The van der Waals surface area contributed by atoms with Crippen molar-refractivity contribution in [1.29, 1.82) is 0 Å². The minimum Gasteiger partial charge on any atom is -0.346 e. The lowest BCUT2D eigenvalue weighted by Gasteiger charge is -2.25. The molecule has 0 radical (unpaired) electrons. The number of rotatable bonds is 9. The lowest BCUT2D eigenvalue weighted by molar-refractivity contribution is -0.918. The standard InChI is InChI=1S/C23H31N3O3S/c1-3-26(4-2)30(28,29)21-14-12-20(13-15-21)23(27)24-18-22(25-16-8-9-17-25)19-10-6-5-7-11-19/h5-7,10-15,22H,3-4,8-9,16-18H2,1-2H3,(H,24,27)/p+1/t22-/m0/s1. The minimum atomic E-state index is -3.52. The lowest BCUT2D eigenvalue weighted by Crippen LogP contribution is -3.11. The summed E-state index contributed by atoms with van der Waals surface area (Å²) < 4.78 is 26.6. The molecule has 3 rings (SSSR count). The zero-order valence-electron chi connectivity index (χ0n) is 17.8. The number of carbonyl (C=O) groups is 1. The quantitative estimate of drug-likeness (QED) is 0.638. The number of carbonyl (C=O) groups excluding carboxylic acids is 1. The molecule has 30 heavy (non-hydrogen) atoms. The Balaban J connectivity index is 1.69. The van der Waals surface area contributed by atoms with Crippen molar-refractivity contribution in [3.8, 4) is 0 Å². The molecule has 2 aromatic rings. The first-order chi connectivity index (χ1) is 14.5. The normalized spacial score (nSPS) is 16.0. The van der Waals surface area contributed by atoms with Gasteiger partial charge in [0, 0.05) is 37.1 Å². The van der Waals surface area contributed by atoms with Crippen LogP contribution >= 0.6 is 0 Å². The molecule has 0 saturated carbocycles. The molecule has 0 aromatic heterocycles. The summed E-state index contributed by atoms with van der Waals surface area (Å²) in [6, 6.07) is 16.8. The van der Waals surface area contributed by atoms with Crippen LogP contribution in [0.2, 0.25) is 0 Å². The molecule has 2 aromatic carbocycles. The maximum atomic E-state index is 12.7. The first kappa shape index (κ1) is 22.5. The number of nitrogens with one attached hydrogen (secondary N) is 2. The van der Waals surface area contributed by atoms with E-state index < -0.39 is 10.0 Å². The smallest absolute Gasteiger partial charge is 0.251 e. The van der Waals surface area contributed by atoms with E-state index in [9.17, 15) is 13.2 Å². The molecular formula is C23H32N3O3S+. The summed E-state index contributed by atoms with van der Waals surface area (Å²) in [6.07, 6.45) is 2.43. The molecule has 1 fully saturated rings. The van der Waals surface area contributed by atoms with E-state index in [1.54, 1.807) is 12.1 Å². The maximum absolute atomic E-state index is 12.7. The second kappa shape index (κ2) is 10.2. The molecule has 0 bridgehead atoms. The van der Waals surface area contributed by atoms with E-state index in [4.69, 9.17) is 0 Å². The lowest BCUT2D eigenvalue weighted by atomic mass is 10.1. The number of amides is 1. The van der Waals surface area contributed by atoms with E-state index in [2.05, 4.69) is 17.4 Å². The van der Waals surface area contributed by atoms with E-state index in [1.165, 1.54) is 39.7 Å². The second-order valence-electron chi connectivity index (χ2n) is 7.65. The van der Waals surface area contributed by atoms with Crippen molar-refractivity contribution < 1.29 is 18.1 Å². The van der Waals surface area contributed by atoms with Crippen molar-refractivity contribution in [2.75, 3.05) is 32.7 Å². The predicted octanol–water partition coefficient (Wildman–Crippen LogP) is 1.87. The van der Waals surface area contributed by atoms with Crippen LogP contribution in [0.4, 0.5) is 0 Å². The van der Waals surface area contributed by atoms with Crippen molar-refractivity contribution >= 4 is 15.9 Å². The zero-order chi connectivity index (χ0) is 21.6. The van der Waals surface area contributed by atoms with Crippen LogP contribution in [0, 0.1) is 0 Å². The number of hydrogen-bond acceptors (Lipinski definition) is 3. The van der Waals surface area contributed by atoms with Crippen LogP contribution in [0.15, 0.2) is 59.5 Å². The first-order valence-electron chi connectivity index (χ1n) is 10.7. The van der Waals surface area contributed by atoms with Crippen LogP contribution in [0.25, 0.3) is 0 Å². The van der Waals surface area contributed by atoms with Gasteiger partial charge in [0.15, 0.2) is 0 Å². The summed E-state index contributed by atoms with van der Waals surface area (Å²) in [6.45, 7) is 7.25. The van der Waals surface area contributed by atoms with Crippen LogP contribution < -0.4 is 10.2 Å². The van der Waals surface area contributed by atoms with Gasteiger partial charge in [-0.05, 0) is 24.3 Å². The first-order valence-corrected chi connectivity index (χ1v) is 12.2. The molecule has 1 aliphatic heterocycles. The summed E-state index contributed by atoms with van der Waals surface area (Å²) in [5, 5.41) is 3.06. The molecule has 1 aliphatic rings. The summed E-state index contributed by atoms with van der Waals surface area (Å²) in [5.41, 5.74) is 1.70. The van der Waals surface area contributed by atoms with Gasteiger partial charge in [0.1, 0.15) is 6.04 Å². The summed E-state index contributed by atoms with van der Waals surface area (Å²) in [4.78, 5) is 14.4. The maximum Gasteiger partial charge on any atom is 0.251 e. The molecule has 1 heterocycles. The predicted molar refractivity (Wildman–Crippen MR) is 118 cm³/mol. The Kier molecular flexibility index (Phi) is 7.64. The van der Waals surface area contributed by atoms with Crippen LogP contribution in [0.3, 0.4) is 0 Å². The van der Waals surface area contributed by atoms with Crippen LogP contribution in [-0.2, 0) is 10.0 Å². The van der Waals surface area contributed by atoms with E-state index in [1.807, 2.05) is 32.0 Å². The molecule has 2 N–H and O–H groups in total. The van der Waals surface area contributed by atoms with Crippen molar-refractivity contribution in [3.63, 3.8) is 0 Å². The molecule has 7 heteroatoms. The highest BCUT2D eigenvalue weighted by molar-refractivity contribution is 7.89. The monoisotopic (exact) mass is 430 g/mol. The van der Waals surface area contributed by atoms with Crippen LogP contribution in [-0.4, -0.2) is 51.4 Å².